The number of imidazole rings is 1. The van der Waals surface area contributed by atoms with Gasteiger partial charge in [0.15, 0.2) is 5.96 Å². The second-order valence-corrected chi connectivity index (χ2v) is 6.92. The van der Waals surface area contributed by atoms with Crippen molar-refractivity contribution in [3.63, 3.8) is 0 Å². The maximum Gasteiger partial charge on any atom is 0.191 e. The fourth-order valence-electron chi connectivity index (χ4n) is 3.32. The summed E-state index contributed by atoms with van der Waals surface area (Å²) in [5.41, 5.74) is 1.91. The minimum atomic E-state index is 0. The number of pyridine rings is 2. The molecule has 3 aromatic rings. The van der Waals surface area contributed by atoms with Crippen molar-refractivity contribution in [1.29, 1.82) is 0 Å². The smallest absolute Gasteiger partial charge is 0.191 e. The fraction of sp³-hybridized carbons (Fsp3) is 0.316. The molecule has 4 rings (SSSR count). The van der Waals surface area contributed by atoms with E-state index < -0.39 is 0 Å². The second-order valence-electron chi connectivity index (χ2n) is 6.51. The molecule has 0 aromatic carbocycles. The van der Waals surface area contributed by atoms with E-state index in [1.54, 1.807) is 13.2 Å². The summed E-state index contributed by atoms with van der Waals surface area (Å²) >= 11 is 6.27. The van der Waals surface area contributed by atoms with Gasteiger partial charge in [0.05, 0.1) is 17.3 Å². The van der Waals surface area contributed by atoms with Crippen molar-refractivity contribution in [2.75, 3.05) is 25.0 Å². The Morgan fingerprint density at radius 3 is 3.00 bits per heavy atom. The summed E-state index contributed by atoms with van der Waals surface area (Å²) in [6.45, 7) is 2.37. The van der Waals surface area contributed by atoms with Gasteiger partial charge in [-0.15, -0.1) is 24.0 Å². The number of aliphatic imine (C=N–C) groups is 1. The van der Waals surface area contributed by atoms with Crippen LogP contribution in [-0.4, -0.2) is 46.5 Å². The molecule has 1 fully saturated rings. The van der Waals surface area contributed by atoms with Gasteiger partial charge < -0.3 is 19.9 Å². The van der Waals surface area contributed by atoms with E-state index in [-0.39, 0.29) is 30.0 Å². The van der Waals surface area contributed by atoms with Gasteiger partial charge in [-0.05, 0) is 30.7 Å². The molecular formula is C19H23ClIN7. The maximum absolute atomic E-state index is 6.27. The highest BCUT2D eigenvalue weighted by atomic mass is 127. The number of rotatable bonds is 4. The Kier molecular flexibility index (Phi) is 6.95. The molecule has 9 heteroatoms. The molecule has 0 aliphatic carbocycles. The number of nitrogens with zero attached hydrogens (tertiary/aromatic N) is 5. The molecule has 0 bridgehead atoms. The number of anilines is 1. The van der Waals surface area contributed by atoms with Gasteiger partial charge in [0, 0.05) is 44.8 Å². The van der Waals surface area contributed by atoms with Gasteiger partial charge >= 0.3 is 0 Å². The van der Waals surface area contributed by atoms with E-state index in [2.05, 4.69) is 30.5 Å². The highest BCUT2D eigenvalue weighted by Gasteiger charge is 2.25. The van der Waals surface area contributed by atoms with Crippen LogP contribution in [0.4, 0.5) is 5.82 Å². The van der Waals surface area contributed by atoms with Crippen LogP contribution in [0, 0.1) is 0 Å². The lowest BCUT2D eigenvalue weighted by molar-refractivity contribution is 0.647. The van der Waals surface area contributed by atoms with E-state index in [4.69, 9.17) is 11.6 Å². The molecular weight excluding hydrogens is 489 g/mol. The van der Waals surface area contributed by atoms with Crippen LogP contribution in [-0.2, 0) is 6.54 Å². The molecule has 7 nitrogen and oxygen atoms in total. The van der Waals surface area contributed by atoms with Crippen molar-refractivity contribution in [3.05, 3.63) is 59.6 Å². The van der Waals surface area contributed by atoms with Crippen molar-refractivity contribution < 1.29 is 0 Å². The lowest BCUT2D eigenvalue weighted by Crippen LogP contribution is -2.44. The first kappa shape index (κ1) is 20.7. The summed E-state index contributed by atoms with van der Waals surface area (Å²) in [4.78, 5) is 15.5. The number of fused-ring (bicyclic) bond motifs is 1. The summed E-state index contributed by atoms with van der Waals surface area (Å²) in [6.07, 6.45) is 6.80. The lowest BCUT2D eigenvalue weighted by atomic mass is 10.3. The quantitative estimate of drug-likeness (QED) is 0.320. The number of guanidine groups is 1. The molecule has 0 spiro atoms. The Bertz CT molecular complexity index is 925. The molecule has 1 atom stereocenters. The second kappa shape index (κ2) is 9.42. The molecule has 1 aliphatic heterocycles. The van der Waals surface area contributed by atoms with Crippen LogP contribution >= 0.6 is 35.6 Å². The van der Waals surface area contributed by atoms with Gasteiger partial charge in [0.1, 0.15) is 11.5 Å². The summed E-state index contributed by atoms with van der Waals surface area (Å²) in [5, 5.41) is 7.51. The number of halogens is 2. The summed E-state index contributed by atoms with van der Waals surface area (Å²) in [5.74, 6) is 1.61. The Balaban J connectivity index is 0.00000225. The average molecular weight is 512 g/mol. The summed E-state index contributed by atoms with van der Waals surface area (Å²) in [7, 11) is 1.78. The van der Waals surface area contributed by atoms with E-state index in [9.17, 15) is 0 Å². The van der Waals surface area contributed by atoms with Crippen LogP contribution in [0.1, 0.15) is 12.1 Å². The highest BCUT2D eigenvalue weighted by molar-refractivity contribution is 14.0. The first-order valence-electron chi connectivity index (χ1n) is 8.98. The molecule has 1 unspecified atom stereocenters. The number of hydrogen-bond acceptors (Lipinski definition) is 4. The van der Waals surface area contributed by atoms with Crippen molar-refractivity contribution >= 4 is 53.0 Å². The highest BCUT2D eigenvalue weighted by Crippen LogP contribution is 2.25. The molecule has 1 aliphatic rings. The van der Waals surface area contributed by atoms with Gasteiger partial charge in [-0.1, -0.05) is 17.7 Å². The van der Waals surface area contributed by atoms with E-state index in [1.165, 1.54) is 0 Å². The van der Waals surface area contributed by atoms with Crippen molar-refractivity contribution in [2.24, 2.45) is 4.99 Å². The third-order valence-electron chi connectivity index (χ3n) is 4.64. The van der Waals surface area contributed by atoms with Crippen LogP contribution in [0.3, 0.4) is 0 Å². The van der Waals surface area contributed by atoms with Crippen molar-refractivity contribution in [3.8, 4) is 0 Å². The number of hydrogen-bond donors (Lipinski definition) is 2. The molecule has 148 valence electrons. The van der Waals surface area contributed by atoms with Crippen LogP contribution < -0.4 is 15.5 Å². The van der Waals surface area contributed by atoms with Crippen LogP contribution in [0.25, 0.3) is 5.65 Å². The van der Waals surface area contributed by atoms with E-state index in [0.717, 1.165) is 42.6 Å². The molecule has 3 aromatic heterocycles. The zero-order valence-electron chi connectivity index (χ0n) is 15.5. The standard InChI is InChI=1S/C19H22ClN7.HI/c1-21-19(23-11-15-13-26-9-3-2-6-17(26)24-15)25-14-7-10-27(12-14)18-16(20)5-4-8-22-18;/h2-6,8-9,13-14H,7,10-12H2,1H3,(H2,21,23,25);1H. The normalized spacial score (nSPS) is 16.9. The zero-order chi connectivity index (χ0) is 18.6. The summed E-state index contributed by atoms with van der Waals surface area (Å²) in [6, 6.07) is 9.98. The number of aromatic nitrogens is 3. The first-order chi connectivity index (χ1) is 13.2. The van der Waals surface area contributed by atoms with Crippen LogP contribution in [0.2, 0.25) is 5.02 Å². The Morgan fingerprint density at radius 1 is 1.32 bits per heavy atom. The molecule has 4 heterocycles. The van der Waals surface area contributed by atoms with Gasteiger partial charge in [0.2, 0.25) is 0 Å². The van der Waals surface area contributed by atoms with Crippen LogP contribution in [0.15, 0.2) is 53.9 Å². The molecule has 0 amide bonds. The van der Waals surface area contributed by atoms with Crippen molar-refractivity contribution in [1.82, 2.24) is 25.0 Å². The van der Waals surface area contributed by atoms with E-state index in [1.807, 2.05) is 47.1 Å². The minimum Gasteiger partial charge on any atom is -0.353 e. The predicted molar refractivity (Wildman–Crippen MR) is 124 cm³/mol. The molecule has 2 N–H and O–H groups in total. The van der Waals surface area contributed by atoms with E-state index >= 15 is 0 Å². The Morgan fingerprint density at radius 2 is 2.21 bits per heavy atom. The minimum absolute atomic E-state index is 0. The van der Waals surface area contributed by atoms with Gasteiger partial charge in [-0.3, -0.25) is 4.99 Å². The van der Waals surface area contributed by atoms with Crippen molar-refractivity contribution in [2.45, 2.75) is 19.0 Å². The van der Waals surface area contributed by atoms with Crippen LogP contribution in [0.5, 0.6) is 0 Å². The number of nitrogens with one attached hydrogen (secondary N) is 2. The van der Waals surface area contributed by atoms with Gasteiger partial charge in [-0.25, -0.2) is 9.97 Å². The van der Waals surface area contributed by atoms with E-state index in [0.29, 0.717) is 11.6 Å². The fourth-order valence-corrected chi connectivity index (χ4v) is 3.56. The first-order valence-corrected chi connectivity index (χ1v) is 9.36. The summed E-state index contributed by atoms with van der Waals surface area (Å²) < 4.78 is 2.01. The van der Waals surface area contributed by atoms with Gasteiger partial charge in [0.25, 0.3) is 0 Å². The average Bonchev–Trinajstić information content (AvgIpc) is 3.32. The monoisotopic (exact) mass is 511 g/mol. The molecule has 1 saturated heterocycles. The maximum atomic E-state index is 6.27. The largest absolute Gasteiger partial charge is 0.353 e. The topological polar surface area (TPSA) is 69.8 Å². The predicted octanol–water partition coefficient (Wildman–Crippen LogP) is 2.94. The zero-order valence-corrected chi connectivity index (χ0v) is 18.6. The lowest BCUT2D eigenvalue weighted by Gasteiger charge is -2.20. The Labute approximate surface area is 186 Å². The third-order valence-corrected chi connectivity index (χ3v) is 4.94. The molecule has 0 saturated carbocycles. The third kappa shape index (κ3) is 4.67. The van der Waals surface area contributed by atoms with Gasteiger partial charge in [-0.2, -0.15) is 0 Å². The molecule has 28 heavy (non-hydrogen) atoms. The Hall–Kier alpha value is -2.07. The SMILES string of the molecule is CN=C(NCc1cn2ccccc2n1)NC1CCN(c2ncccc2Cl)C1.I. The molecule has 0 radical (unpaired) electrons.